The quantitative estimate of drug-likeness (QED) is 0.360. The number of carbonyl (C=O) groups is 1. The van der Waals surface area contributed by atoms with Gasteiger partial charge in [-0.1, -0.05) is 11.6 Å². The summed E-state index contributed by atoms with van der Waals surface area (Å²) in [5.74, 6) is -0.118. The zero-order valence-corrected chi connectivity index (χ0v) is 17.1. The third kappa shape index (κ3) is 3.14. The lowest BCUT2D eigenvalue weighted by molar-refractivity contribution is -0.110. The van der Waals surface area contributed by atoms with E-state index in [0.29, 0.717) is 10.6 Å². The van der Waals surface area contributed by atoms with Gasteiger partial charge in [0, 0.05) is 19.8 Å². The molecule has 0 atom stereocenters. The van der Waals surface area contributed by atoms with Crippen LogP contribution in [-0.2, 0) is 4.79 Å². The molecule has 25 heavy (non-hydrogen) atoms. The fraction of sp³-hybridized carbons (Fsp3) is 0. The highest BCUT2D eigenvalue weighted by molar-refractivity contribution is 14.1. The summed E-state index contributed by atoms with van der Waals surface area (Å²) in [4.78, 5) is 12.4. The molecule has 1 aliphatic rings. The van der Waals surface area contributed by atoms with Gasteiger partial charge in [-0.05, 0) is 87.1 Å². The Kier molecular flexibility index (Phi) is 4.43. The van der Waals surface area contributed by atoms with Crippen LogP contribution in [0, 0.1) is 3.57 Å². The van der Waals surface area contributed by atoms with Crippen LogP contribution in [0.2, 0.25) is 5.02 Å². The van der Waals surface area contributed by atoms with Crippen molar-refractivity contribution in [1.29, 1.82) is 0 Å². The molecule has 1 aromatic heterocycles. The first kappa shape index (κ1) is 16.8. The van der Waals surface area contributed by atoms with Crippen LogP contribution in [0.5, 0.6) is 0 Å². The van der Waals surface area contributed by atoms with E-state index in [4.69, 9.17) is 11.6 Å². The number of amides is 1. The van der Waals surface area contributed by atoms with E-state index in [2.05, 4.69) is 48.9 Å². The zero-order valence-electron chi connectivity index (χ0n) is 12.6. The Morgan fingerprint density at radius 1 is 1.20 bits per heavy atom. The minimum atomic E-state index is -0.118. The Morgan fingerprint density at radius 2 is 1.96 bits per heavy atom. The average molecular weight is 527 g/mol. The van der Waals surface area contributed by atoms with Crippen molar-refractivity contribution >= 4 is 73.4 Å². The topological polar surface area (TPSA) is 46.9 Å². The van der Waals surface area contributed by atoms with Crippen molar-refractivity contribution in [3.63, 3.8) is 0 Å². The smallest absolute Gasteiger partial charge is 0.256 e. The Balaban J connectivity index is 1.86. The van der Waals surface area contributed by atoms with E-state index in [1.54, 1.807) is 10.9 Å². The Hall–Kier alpha value is -1.64. The molecule has 0 bridgehead atoms. The molecule has 124 valence electrons. The fourth-order valence-corrected chi connectivity index (χ4v) is 3.69. The van der Waals surface area contributed by atoms with Crippen LogP contribution in [0.15, 0.2) is 53.1 Å². The van der Waals surface area contributed by atoms with Crippen molar-refractivity contribution in [2.45, 2.75) is 0 Å². The van der Waals surface area contributed by atoms with Gasteiger partial charge in [0.05, 0.1) is 27.6 Å². The molecular weight excluding hydrogens is 516 g/mol. The van der Waals surface area contributed by atoms with Gasteiger partial charge in [0.25, 0.3) is 5.91 Å². The minimum absolute atomic E-state index is 0.118. The standard InChI is InChI=1S/C18H10BrClIN3O/c19-15-9-22-24(12-4-1-10(20)2-5-12)17(15)8-14-13-7-11(21)3-6-16(13)23-18(14)25/h1-9H,(H,23,25). The molecule has 1 N–H and O–H groups in total. The van der Waals surface area contributed by atoms with E-state index in [1.807, 2.05) is 48.5 Å². The second-order valence-electron chi connectivity index (χ2n) is 5.47. The van der Waals surface area contributed by atoms with Crippen LogP contribution in [0.4, 0.5) is 5.69 Å². The zero-order chi connectivity index (χ0) is 17.6. The number of benzene rings is 2. The summed E-state index contributed by atoms with van der Waals surface area (Å²) in [6, 6.07) is 13.3. The van der Waals surface area contributed by atoms with E-state index >= 15 is 0 Å². The van der Waals surface area contributed by atoms with E-state index in [9.17, 15) is 4.79 Å². The molecule has 1 amide bonds. The number of rotatable bonds is 2. The van der Waals surface area contributed by atoms with Crippen LogP contribution in [0.25, 0.3) is 17.3 Å². The number of nitrogens with one attached hydrogen (secondary N) is 1. The maximum atomic E-state index is 12.4. The second kappa shape index (κ2) is 6.59. The van der Waals surface area contributed by atoms with Gasteiger partial charge in [-0.15, -0.1) is 0 Å². The summed E-state index contributed by atoms with van der Waals surface area (Å²) < 4.78 is 3.65. The van der Waals surface area contributed by atoms with Crippen molar-refractivity contribution in [3.05, 3.63) is 73.0 Å². The molecule has 0 saturated heterocycles. The average Bonchev–Trinajstić information content (AvgIpc) is 3.10. The predicted molar refractivity (Wildman–Crippen MR) is 112 cm³/mol. The molecule has 1 aliphatic heterocycles. The third-order valence-electron chi connectivity index (χ3n) is 3.88. The van der Waals surface area contributed by atoms with Crippen LogP contribution in [-0.4, -0.2) is 15.7 Å². The van der Waals surface area contributed by atoms with Gasteiger partial charge in [-0.25, -0.2) is 4.68 Å². The molecular formula is C18H10BrClIN3O. The van der Waals surface area contributed by atoms with E-state index in [0.717, 1.165) is 30.7 Å². The van der Waals surface area contributed by atoms with E-state index in [1.165, 1.54) is 0 Å². The molecule has 0 spiro atoms. The lowest BCUT2D eigenvalue weighted by Gasteiger charge is -2.06. The lowest BCUT2D eigenvalue weighted by atomic mass is 10.1. The highest BCUT2D eigenvalue weighted by atomic mass is 127. The normalized spacial score (nSPS) is 14.7. The molecule has 0 unspecified atom stereocenters. The highest BCUT2D eigenvalue weighted by Gasteiger charge is 2.25. The van der Waals surface area contributed by atoms with Crippen molar-refractivity contribution in [2.75, 3.05) is 5.32 Å². The molecule has 4 rings (SSSR count). The summed E-state index contributed by atoms with van der Waals surface area (Å²) in [5, 5.41) is 7.97. The maximum absolute atomic E-state index is 12.4. The Bertz CT molecular complexity index is 1030. The molecule has 3 aromatic rings. The van der Waals surface area contributed by atoms with Crippen molar-refractivity contribution < 1.29 is 4.79 Å². The Labute approximate surface area is 171 Å². The molecule has 0 aliphatic carbocycles. The first-order chi connectivity index (χ1) is 12.0. The van der Waals surface area contributed by atoms with Crippen molar-refractivity contribution in [3.8, 4) is 5.69 Å². The largest absolute Gasteiger partial charge is 0.321 e. The Morgan fingerprint density at radius 3 is 2.72 bits per heavy atom. The van der Waals surface area contributed by atoms with E-state index in [-0.39, 0.29) is 5.91 Å². The molecule has 0 fully saturated rings. The molecule has 0 radical (unpaired) electrons. The number of halogens is 3. The molecule has 2 heterocycles. The number of fused-ring (bicyclic) bond motifs is 1. The number of hydrogen-bond donors (Lipinski definition) is 1. The third-order valence-corrected chi connectivity index (χ3v) is 5.41. The second-order valence-corrected chi connectivity index (χ2v) is 8.00. The maximum Gasteiger partial charge on any atom is 0.256 e. The van der Waals surface area contributed by atoms with Crippen LogP contribution >= 0.6 is 50.1 Å². The first-order valence-electron chi connectivity index (χ1n) is 7.35. The molecule has 4 nitrogen and oxygen atoms in total. The van der Waals surface area contributed by atoms with Crippen molar-refractivity contribution in [2.24, 2.45) is 0 Å². The number of nitrogens with zero attached hydrogens (tertiary/aromatic N) is 2. The van der Waals surface area contributed by atoms with Crippen LogP contribution in [0.3, 0.4) is 0 Å². The van der Waals surface area contributed by atoms with E-state index < -0.39 is 0 Å². The summed E-state index contributed by atoms with van der Waals surface area (Å²) in [6.07, 6.45) is 3.56. The molecule has 7 heteroatoms. The fourth-order valence-electron chi connectivity index (χ4n) is 2.70. The molecule has 2 aromatic carbocycles. The summed E-state index contributed by atoms with van der Waals surface area (Å²) in [6.45, 7) is 0. The molecule has 0 saturated carbocycles. The van der Waals surface area contributed by atoms with Gasteiger partial charge < -0.3 is 5.32 Å². The van der Waals surface area contributed by atoms with Gasteiger partial charge in [0.15, 0.2) is 0 Å². The summed E-state index contributed by atoms with van der Waals surface area (Å²) >= 11 is 11.7. The number of hydrogen-bond acceptors (Lipinski definition) is 2. The first-order valence-corrected chi connectivity index (χ1v) is 9.60. The summed E-state index contributed by atoms with van der Waals surface area (Å²) in [7, 11) is 0. The van der Waals surface area contributed by atoms with Crippen molar-refractivity contribution in [1.82, 2.24) is 9.78 Å². The summed E-state index contributed by atoms with van der Waals surface area (Å²) in [5.41, 5.74) is 3.99. The van der Waals surface area contributed by atoms with Gasteiger partial charge in [-0.3, -0.25) is 4.79 Å². The minimum Gasteiger partial charge on any atom is -0.321 e. The number of carbonyl (C=O) groups excluding carboxylic acids is 1. The van der Waals surface area contributed by atoms with Crippen LogP contribution < -0.4 is 5.32 Å². The highest BCUT2D eigenvalue weighted by Crippen LogP contribution is 2.35. The predicted octanol–water partition coefficient (Wildman–Crippen LogP) is 5.39. The van der Waals surface area contributed by atoms with Crippen LogP contribution in [0.1, 0.15) is 11.3 Å². The van der Waals surface area contributed by atoms with Gasteiger partial charge in [-0.2, -0.15) is 5.10 Å². The number of anilines is 1. The van der Waals surface area contributed by atoms with Gasteiger partial charge in [0.1, 0.15) is 0 Å². The SMILES string of the molecule is O=C1Nc2ccc(I)cc2C1=Cc1c(Br)cnn1-c1ccc(Cl)cc1. The monoisotopic (exact) mass is 525 g/mol. The van der Waals surface area contributed by atoms with Gasteiger partial charge >= 0.3 is 0 Å². The lowest BCUT2D eigenvalue weighted by Crippen LogP contribution is -2.05. The van der Waals surface area contributed by atoms with Gasteiger partial charge in [0.2, 0.25) is 0 Å². The number of aromatic nitrogens is 2.